The lowest BCUT2D eigenvalue weighted by Crippen LogP contribution is -2.08. The lowest BCUT2D eigenvalue weighted by atomic mass is 10.3. The molecule has 0 aliphatic rings. The number of para-hydroxylation sites is 1. The maximum absolute atomic E-state index is 5.85. The summed E-state index contributed by atoms with van der Waals surface area (Å²) in [5.41, 5.74) is 6.73. The molecule has 8 nitrogen and oxygen atoms in total. The molecule has 0 bridgehead atoms. The van der Waals surface area contributed by atoms with E-state index in [1.165, 1.54) is 23.1 Å². The van der Waals surface area contributed by atoms with Crippen molar-refractivity contribution in [1.29, 1.82) is 0 Å². The van der Waals surface area contributed by atoms with Crippen LogP contribution in [0.25, 0.3) is 0 Å². The van der Waals surface area contributed by atoms with Gasteiger partial charge in [0.2, 0.25) is 17.0 Å². The lowest BCUT2D eigenvalue weighted by molar-refractivity contribution is 0.892. The van der Waals surface area contributed by atoms with Crippen LogP contribution in [0.2, 0.25) is 0 Å². The summed E-state index contributed by atoms with van der Waals surface area (Å²) in [7, 11) is 0. The fourth-order valence-electron chi connectivity index (χ4n) is 1.99. The molecular formula is C16H18N8S2. The van der Waals surface area contributed by atoms with Crippen molar-refractivity contribution in [2.75, 3.05) is 22.9 Å². The lowest BCUT2D eigenvalue weighted by Gasteiger charge is -2.10. The molecule has 0 saturated carbocycles. The number of nitrogens with two attached hydrogens (primary N) is 1. The molecule has 0 aliphatic heterocycles. The summed E-state index contributed by atoms with van der Waals surface area (Å²) in [6, 6.07) is 9.66. The van der Waals surface area contributed by atoms with E-state index in [0.29, 0.717) is 18.3 Å². The van der Waals surface area contributed by atoms with Gasteiger partial charge in [-0.2, -0.15) is 15.0 Å². The molecule has 2 aromatic heterocycles. The molecule has 1 atom stereocenters. The molecule has 1 aromatic carbocycles. The highest BCUT2D eigenvalue weighted by atomic mass is 32.2. The third kappa shape index (κ3) is 4.90. The Bertz CT molecular complexity index is 868. The molecule has 3 aromatic rings. The highest BCUT2D eigenvalue weighted by Crippen LogP contribution is 2.36. The van der Waals surface area contributed by atoms with E-state index in [2.05, 4.69) is 42.4 Å². The SMILES string of the molecule is C=CCNc1nnc(SC(C)c2nc(N)nc(Nc3ccccc3)n2)s1. The van der Waals surface area contributed by atoms with E-state index in [4.69, 9.17) is 5.73 Å². The third-order valence-corrected chi connectivity index (χ3v) is 5.21. The zero-order valence-electron chi connectivity index (χ0n) is 14.1. The fourth-order valence-corrected chi connectivity index (χ4v) is 3.94. The largest absolute Gasteiger partial charge is 0.368 e. The van der Waals surface area contributed by atoms with Crippen molar-refractivity contribution in [2.45, 2.75) is 16.5 Å². The number of anilines is 4. The summed E-state index contributed by atoms with van der Waals surface area (Å²) in [4.78, 5) is 12.9. The van der Waals surface area contributed by atoms with Gasteiger partial charge in [-0.25, -0.2) is 0 Å². The Morgan fingerprint density at radius 2 is 2.04 bits per heavy atom. The number of benzene rings is 1. The summed E-state index contributed by atoms with van der Waals surface area (Å²) in [6.07, 6.45) is 1.77. The first-order chi connectivity index (χ1) is 12.6. The van der Waals surface area contributed by atoms with E-state index in [0.717, 1.165) is 15.2 Å². The maximum Gasteiger partial charge on any atom is 0.232 e. The minimum Gasteiger partial charge on any atom is -0.368 e. The molecule has 0 spiro atoms. The summed E-state index contributed by atoms with van der Waals surface area (Å²) in [5.74, 6) is 1.17. The van der Waals surface area contributed by atoms with Crippen LogP contribution < -0.4 is 16.4 Å². The van der Waals surface area contributed by atoms with Crippen molar-refractivity contribution in [1.82, 2.24) is 25.1 Å². The van der Waals surface area contributed by atoms with Crippen LogP contribution in [-0.4, -0.2) is 31.7 Å². The molecule has 0 amide bonds. The van der Waals surface area contributed by atoms with Crippen molar-refractivity contribution < 1.29 is 0 Å². The highest BCUT2D eigenvalue weighted by Gasteiger charge is 2.16. The number of hydrogen-bond donors (Lipinski definition) is 3. The van der Waals surface area contributed by atoms with Crippen LogP contribution in [0.15, 0.2) is 47.3 Å². The Kier molecular flexibility index (Phi) is 5.97. The van der Waals surface area contributed by atoms with E-state index in [-0.39, 0.29) is 11.2 Å². The summed E-state index contributed by atoms with van der Waals surface area (Å²) in [6.45, 7) is 6.30. The van der Waals surface area contributed by atoms with E-state index in [9.17, 15) is 0 Å². The first-order valence-corrected chi connectivity index (χ1v) is 9.52. The summed E-state index contributed by atoms with van der Waals surface area (Å²) < 4.78 is 0.820. The smallest absolute Gasteiger partial charge is 0.232 e. The van der Waals surface area contributed by atoms with Gasteiger partial charge in [-0.05, 0) is 19.1 Å². The first kappa shape index (κ1) is 18.1. The zero-order valence-corrected chi connectivity index (χ0v) is 15.7. The Morgan fingerprint density at radius 3 is 2.81 bits per heavy atom. The average Bonchev–Trinajstić information content (AvgIpc) is 3.07. The minimum absolute atomic E-state index is 0.0585. The molecule has 0 radical (unpaired) electrons. The Morgan fingerprint density at radius 1 is 1.23 bits per heavy atom. The Labute approximate surface area is 159 Å². The molecule has 0 aliphatic carbocycles. The standard InChI is InChI=1S/C16H18N8S2/c1-3-9-18-15-23-24-16(26-15)25-10(2)12-20-13(17)22-14(21-12)19-11-7-5-4-6-8-11/h3-8,10H,1,9H2,2H3,(H,18,23)(H3,17,19,20,21,22). The van der Waals surface area contributed by atoms with Gasteiger partial charge >= 0.3 is 0 Å². The van der Waals surface area contributed by atoms with Gasteiger partial charge in [-0.1, -0.05) is 47.4 Å². The Balaban J connectivity index is 1.71. The number of nitrogen functional groups attached to an aromatic ring is 1. The molecule has 134 valence electrons. The van der Waals surface area contributed by atoms with Crippen molar-refractivity contribution >= 4 is 45.8 Å². The van der Waals surface area contributed by atoms with Crippen LogP contribution in [-0.2, 0) is 0 Å². The van der Waals surface area contributed by atoms with Gasteiger partial charge in [-0.3, -0.25) is 0 Å². The molecule has 26 heavy (non-hydrogen) atoms. The second-order valence-electron chi connectivity index (χ2n) is 5.17. The highest BCUT2D eigenvalue weighted by molar-refractivity contribution is 8.01. The summed E-state index contributed by atoms with van der Waals surface area (Å²) in [5, 5.41) is 15.2. The van der Waals surface area contributed by atoms with Crippen molar-refractivity contribution in [3.63, 3.8) is 0 Å². The number of rotatable bonds is 8. The third-order valence-electron chi connectivity index (χ3n) is 3.15. The quantitative estimate of drug-likeness (QED) is 0.395. The van der Waals surface area contributed by atoms with Crippen LogP contribution in [0.1, 0.15) is 18.0 Å². The van der Waals surface area contributed by atoms with Gasteiger partial charge in [0, 0.05) is 12.2 Å². The monoisotopic (exact) mass is 386 g/mol. The van der Waals surface area contributed by atoms with Crippen LogP contribution in [0.4, 0.5) is 22.7 Å². The number of hydrogen-bond acceptors (Lipinski definition) is 10. The first-order valence-electron chi connectivity index (χ1n) is 7.82. The minimum atomic E-state index is -0.0585. The molecule has 2 heterocycles. The van der Waals surface area contributed by atoms with Crippen LogP contribution >= 0.6 is 23.1 Å². The van der Waals surface area contributed by atoms with Gasteiger partial charge < -0.3 is 16.4 Å². The van der Waals surface area contributed by atoms with Gasteiger partial charge in [0.25, 0.3) is 0 Å². The van der Waals surface area contributed by atoms with Crippen LogP contribution in [0, 0.1) is 0 Å². The fraction of sp³-hybridized carbons (Fsp3) is 0.188. The summed E-state index contributed by atoms with van der Waals surface area (Å²) >= 11 is 2.99. The number of nitrogens with one attached hydrogen (secondary N) is 2. The molecule has 3 rings (SSSR count). The van der Waals surface area contributed by atoms with E-state index >= 15 is 0 Å². The van der Waals surface area contributed by atoms with Crippen LogP contribution in [0.5, 0.6) is 0 Å². The molecule has 4 N–H and O–H groups in total. The molecule has 10 heteroatoms. The second kappa shape index (κ2) is 8.59. The zero-order chi connectivity index (χ0) is 18.4. The predicted molar refractivity (Wildman–Crippen MR) is 107 cm³/mol. The van der Waals surface area contributed by atoms with Crippen molar-refractivity contribution in [2.24, 2.45) is 0 Å². The van der Waals surface area contributed by atoms with E-state index < -0.39 is 0 Å². The topological polar surface area (TPSA) is 115 Å². The van der Waals surface area contributed by atoms with E-state index in [1.807, 2.05) is 37.3 Å². The van der Waals surface area contributed by atoms with Crippen molar-refractivity contribution in [3.05, 3.63) is 48.8 Å². The van der Waals surface area contributed by atoms with Crippen molar-refractivity contribution in [3.8, 4) is 0 Å². The number of nitrogens with zero attached hydrogens (tertiary/aromatic N) is 5. The molecule has 1 unspecified atom stereocenters. The molecular weight excluding hydrogens is 368 g/mol. The predicted octanol–water partition coefficient (Wildman–Crippen LogP) is 3.50. The van der Waals surface area contributed by atoms with E-state index in [1.54, 1.807) is 6.08 Å². The molecule has 0 fully saturated rings. The number of thioether (sulfide) groups is 1. The van der Waals surface area contributed by atoms with Crippen LogP contribution in [0.3, 0.4) is 0 Å². The Hall–Kier alpha value is -2.72. The number of aromatic nitrogens is 5. The van der Waals surface area contributed by atoms with Gasteiger partial charge in [-0.15, -0.1) is 16.8 Å². The van der Waals surface area contributed by atoms with Gasteiger partial charge in [0.1, 0.15) is 5.82 Å². The normalized spacial score (nSPS) is 11.7. The maximum atomic E-state index is 5.85. The molecule has 0 saturated heterocycles. The average molecular weight is 387 g/mol. The van der Waals surface area contributed by atoms with Gasteiger partial charge in [0.15, 0.2) is 4.34 Å². The van der Waals surface area contributed by atoms with Gasteiger partial charge in [0.05, 0.1) is 5.25 Å². The second-order valence-corrected chi connectivity index (χ2v) is 7.73.